The Balaban J connectivity index is 2.03. The Labute approximate surface area is 133 Å². The summed E-state index contributed by atoms with van der Waals surface area (Å²) in [6.45, 7) is 2.28. The molecule has 0 unspecified atom stereocenters. The molecule has 7 heteroatoms. The summed E-state index contributed by atoms with van der Waals surface area (Å²) >= 11 is 0. The third kappa shape index (κ3) is 3.85. The number of likely N-dealkylation sites (tertiary alicyclic amines) is 1. The number of carbonyl (C=O) groups is 2. The molecule has 1 heterocycles. The Bertz CT molecular complexity index is 609. The number of halogens is 2. The molecule has 2 rings (SSSR count). The van der Waals surface area contributed by atoms with Gasteiger partial charge in [-0.2, -0.15) is 0 Å². The molecule has 0 aromatic heterocycles. The van der Waals surface area contributed by atoms with Crippen molar-refractivity contribution < 1.29 is 23.5 Å². The van der Waals surface area contributed by atoms with Crippen LogP contribution >= 0.6 is 0 Å². The second kappa shape index (κ2) is 7.04. The molecule has 0 bridgehead atoms. The number of carboxylic acids is 1. The molecule has 0 radical (unpaired) electrons. The van der Waals surface area contributed by atoms with E-state index in [0.717, 1.165) is 18.6 Å². The molecule has 1 fully saturated rings. The summed E-state index contributed by atoms with van der Waals surface area (Å²) in [6.07, 6.45) is 1.28. The van der Waals surface area contributed by atoms with Gasteiger partial charge in [-0.25, -0.2) is 8.78 Å². The first-order valence-electron chi connectivity index (χ1n) is 7.48. The number of nitrogens with zero attached hydrogens (tertiary/aromatic N) is 2. The topological polar surface area (TPSA) is 60.9 Å². The summed E-state index contributed by atoms with van der Waals surface area (Å²) < 4.78 is 26.3. The van der Waals surface area contributed by atoms with Crippen LogP contribution in [0, 0.1) is 11.6 Å². The summed E-state index contributed by atoms with van der Waals surface area (Å²) in [4.78, 5) is 26.6. The normalized spacial score (nSPS) is 19.6. The van der Waals surface area contributed by atoms with Gasteiger partial charge in [-0.1, -0.05) is 6.07 Å². The van der Waals surface area contributed by atoms with Gasteiger partial charge in [0.1, 0.15) is 6.04 Å². The van der Waals surface area contributed by atoms with Gasteiger partial charge < -0.3 is 10.0 Å². The summed E-state index contributed by atoms with van der Waals surface area (Å²) in [5.41, 5.74) is 0.482. The number of rotatable bonds is 5. The highest BCUT2D eigenvalue weighted by molar-refractivity contribution is 5.80. The number of aliphatic carboxylic acids is 1. The molecule has 1 aromatic carbocycles. The van der Waals surface area contributed by atoms with Crippen molar-refractivity contribution in [1.29, 1.82) is 0 Å². The Kier molecular flexibility index (Phi) is 5.30. The van der Waals surface area contributed by atoms with Gasteiger partial charge in [0.05, 0.1) is 12.6 Å². The lowest BCUT2D eigenvalue weighted by atomic mass is 10.1. The second-order valence-corrected chi connectivity index (χ2v) is 5.82. The van der Waals surface area contributed by atoms with Crippen LogP contribution in [0.2, 0.25) is 0 Å². The number of carbonyl (C=O) groups excluding carboxylic acids is 1. The van der Waals surface area contributed by atoms with Crippen LogP contribution in [0.15, 0.2) is 18.2 Å². The lowest BCUT2D eigenvalue weighted by Gasteiger charge is -2.28. The van der Waals surface area contributed by atoms with Crippen molar-refractivity contribution in [3.8, 4) is 0 Å². The highest BCUT2D eigenvalue weighted by Crippen LogP contribution is 2.22. The Morgan fingerprint density at radius 2 is 2.09 bits per heavy atom. The molecular formula is C16H20F2N2O3. The maximum absolute atomic E-state index is 13.3. The molecule has 0 saturated carbocycles. The molecule has 1 aromatic rings. The molecule has 1 saturated heterocycles. The zero-order valence-electron chi connectivity index (χ0n) is 13.1. The first-order valence-corrected chi connectivity index (χ1v) is 7.48. The summed E-state index contributed by atoms with van der Waals surface area (Å²) in [5.74, 6) is -3.07. The SMILES string of the molecule is C[C@H](c1ccc(F)c(F)c1)N(C)C(=O)CN1CCC[C@@H]1C(=O)O. The fourth-order valence-electron chi connectivity index (χ4n) is 2.79. The van der Waals surface area contributed by atoms with Crippen LogP contribution in [0.25, 0.3) is 0 Å². The standard InChI is InChI=1S/C16H20F2N2O3/c1-10(11-5-6-12(17)13(18)8-11)19(2)15(21)9-20-7-3-4-14(20)16(22)23/h5-6,8,10,14H,3-4,7,9H2,1-2H3,(H,22,23)/t10-,14-/m1/s1. The Morgan fingerprint density at radius 1 is 1.39 bits per heavy atom. The van der Waals surface area contributed by atoms with Gasteiger partial charge in [-0.15, -0.1) is 0 Å². The number of amides is 1. The molecule has 0 spiro atoms. The highest BCUT2D eigenvalue weighted by atomic mass is 19.2. The van der Waals surface area contributed by atoms with E-state index in [0.29, 0.717) is 18.5 Å². The lowest BCUT2D eigenvalue weighted by molar-refractivity contribution is -0.143. The average Bonchev–Trinajstić information content (AvgIpc) is 2.96. The van der Waals surface area contributed by atoms with Crippen molar-refractivity contribution >= 4 is 11.9 Å². The van der Waals surface area contributed by atoms with Crippen molar-refractivity contribution in [1.82, 2.24) is 9.80 Å². The van der Waals surface area contributed by atoms with Gasteiger partial charge in [0, 0.05) is 7.05 Å². The monoisotopic (exact) mass is 326 g/mol. The van der Waals surface area contributed by atoms with Crippen molar-refractivity contribution in [2.75, 3.05) is 20.1 Å². The van der Waals surface area contributed by atoms with Crippen LogP contribution in [0.1, 0.15) is 31.4 Å². The number of hydrogen-bond acceptors (Lipinski definition) is 3. The number of hydrogen-bond donors (Lipinski definition) is 1. The predicted octanol–water partition coefficient (Wildman–Crippen LogP) is 2.03. The first kappa shape index (κ1) is 17.3. The van der Waals surface area contributed by atoms with E-state index in [2.05, 4.69) is 0 Å². The second-order valence-electron chi connectivity index (χ2n) is 5.82. The molecule has 2 atom stereocenters. The smallest absolute Gasteiger partial charge is 0.320 e. The van der Waals surface area contributed by atoms with Crippen molar-refractivity contribution in [2.24, 2.45) is 0 Å². The molecular weight excluding hydrogens is 306 g/mol. The van der Waals surface area contributed by atoms with E-state index < -0.39 is 29.7 Å². The van der Waals surface area contributed by atoms with Crippen LogP contribution in [0.5, 0.6) is 0 Å². The fraction of sp³-hybridized carbons (Fsp3) is 0.500. The minimum atomic E-state index is -0.958. The van der Waals surface area contributed by atoms with E-state index in [-0.39, 0.29) is 12.5 Å². The number of benzene rings is 1. The Hall–Kier alpha value is -2.02. The number of likely N-dealkylation sites (N-methyl/N-ethyl adjacent to an activating group) is 1. The van der Waals surface area contributed by atoms with Crippen molar-refractivity contribution in [3.05, 3.63) is 35.4 Å². The van der Waals surface area contributed by atoms with E-state index in [1.807, 2.05) is 0 Å². The van der Waals surface area contributed by atoms with Gasteiger partial charge in [0.2, 0.25) is 5.91 Å². The maximum Gasteiger partial charge on any atom is 0.320 e. The van der Waals surface area contributed by atoms with Crippen LogP contribution in [-0.4, -0.2) is 53.0 Å². The van der Waals surface area contributed by atoms with E-state index in [1.54, 1.807) is 18.9 Å². The third-order valence-electron chi connectivity index (χ3n) is 4.39. The molecule has 126 valence electrons. The average molecular weight is 326 g/mol. The molecule has 0 aliphatic carbocycles. The van der Waals surface area contributed by atoms with Gasteiger partial charge in [-0.3, -0.25) is 14.5 Å². The fourth-order valence-corrected chi connectivity index (χ4v) is 2.79. The van der Waals surface area contributed by atoms with E-state index in [1.165, 1.54) is 11.0 Å². The third-order valence-corrected chi connectivity index (χ3v) is 4.39. The summed E-state index contributed by atoms with van der Waals surface area (Å²) in [6, 6.07) is 2.46. The van der Waals surface area contributed by atoms with E-state index >= 15 is 0 Å². The largest absolute Gasteiger partial charge is 0.480 e. The quantitative estimate of drug-likeness (QED) is 0.899. The van der Waals surface area contributed by atoms with E-state index in [9.17, 15) is 18.4 Å². The zero-order chi connectivity index (χ0) is 17.1. The molecule has 1 N–H and O–H groups in total. The zero-order valence-corrected chi connectivity index (χ0v) is 13.1. The van der Waals surface area contributed by atoms with Gasteiger partial charge >= 0.3 is 5.97 Å². The molecule has 23 heavy (non-hydrogen) atoms. The first-order chi connectivity index (χ1) is 10.8. The Morgan fingerprint density at radius 3 is 2.70 bits per heavy atom. The van der Waals surface area contributed by atoms with Gasteiger partial charge in [-0.05, 0) is 44.0 Å². The molecule has 1 amide bonds. The highest BCUT2D eigenvalue weighted by Gasteiger charge is 2.32. The number of carboxylic acid groups (broad SMARTS) is 1. The maximum atomic E-state index is 13.3. The minimum absolute atomic E-state index is 0.00147. The summed E-state index contributed by atoms with van der Waals surface area (Å²) in [7, 11) is 1.57. The lowest BCUT2D eigenvalue weighted by Crippen LogP contribution is -2.44. The molecule has 1 aliphatic rings. The van der Waals surface area contributed by atoms with Crippen LogP contribution in [0.4, 0.5) is 8.78 Å². The van der Waals surface area contributed by atoms with Gasteiger partial charge in [0.25, 0.3) is 0 Å². The van der Waals surface area contributed by atoms with Gasteiger partial charge in [0.15, 0.2) is 11.6 Å². The van der Waals surface area contributed by atoms with E-state index in [4.69, 9.17) is 5.11 Å². The van der Waals surface area contributed by atoms with Crippen LogP contribution in [0.3, 0.4) is 0 Å². The van der Waals surface area contributed by atoms with Crippen LogP contribution < -0.4 is 0 Å². The summed E-state index contributed by atoms with van der Waals surface area (Å²) in [5, 5.41) is 9.14. The van der Waals surface area contributed by atoms with Crippen molar-refractivity contribution in [2.45, 2.75) is 31.8 Å². The minimum Gasteiger partial charge on any atom is -0.480 e. The molecule has 5 nitrogen and oxygen atoms in total. The molecule has 1 aliphatic heterocycles. The van der Waals surface area contributed by atoms with Crippen molar-refractivity contribution in [3.63, 3.8) is 0 Å². The van der Waals surface area contributed by atoms with Crippen LogP contribution in [-0.2, 0) is 9.59 Å². The predicted molar refractivity (Wildman–Crippen MR) is 79.8 cm³/mol.